The van der Waals surface area contributed by atoms with E-state index < -0.39 is 11.4 Å². The molecule has 1 rings (SSSR count). The highest BCUT2D eigenvalue weighted by Gasteiger charge is 2.21. The van der Waals surface area contributed by atoms with Crippen molar-refractivity contribution in [2.75, 3.05) is 19.7 Å². The average molecular weight is 304 g/mol. The molecule has 0 spiro atoms. The zero-order valence-corrected chi connectivity index (χ0v) is 12.6. The monoisotopic (exact) mass is 303 g/mol. The lowest BCUT2D eigenvalue weighted by atomic mass is 10.1. The van der Waals surface area contributed by atoms with Crippen molar-refractivity contribution in [3.05, 3.63) is 29.0 Å². The quantitative estimate of drug-likeness (QED) is 0.878. The predicted molar refractivity (Wildman–Crippen MR) is 75.5 cm³/mol. The van der Waals surface area contributed by atoms with Crippen LogP contribution in [0, 0.1) is 5.82 Å². The number of carbonyl (C=O) groups is 1. The highest BCUT2D eigenvalue weighted by Crippen LogP contribution is 2.21. The first-order chi connectivity index (χ1) is 9.23. The average Bonchev–Trinajstić information content (AvgIpc) is 2.36. The SMILES string of the molecule is CCN(CC(C)(C)O)C(=O)COc1ccc(F)c(Cl)c1. The highest BCUT2D eigenvalue weighted by atomic mass is 35.5. The molecule has 1 aromatic carbocycles. The van der Waals surface area contributed by atoms with Gasteiger partial charge >= 0.3 is 0 Å². The van der Waals surface area contributed by atoms with E-state index in [9.17, 15) is 14.3 Å². The Morgan fingerprint density at radius 3 is 2.65 bits per heavy atom. The summed E-state index contributed by atoms with van der Waals surface area (Å²) in [4.78, 5) is 13.5. The molecule has 0 aliphatic carbocycles. The van der Waals surface area contributed by atoms with Gasteiger partial charge in [-0.2, -0.15) is 0 Å². The molecule has 1 aromatic rings. The third-order valence-corrected chi connectivity index (χ3v) is 2.86. The van der Waals surface area contributed by atoms with E-state index in [0.29, 0.717) is 12.3 Å². The molecule has 1 N–H and O–H groups in total. The minimum atomic E-state index is -0.967. The Kier molecular flexibility index (Phi) is 5.77. The molecule has 0 fully saturated rings. The molecule has 0 saturated heterocycles. The molecule has 0 heterocycles. The van der Waals surface area contributed by atoms with E-state index in [-0.39, 0.29) is 24.1 Å². The molecule has 1 amide bonds. The maximum absolute atomic E-state index is 13.0. The number of amides is 1. The van der Waals surface area contributed by atoms with Gasteiger partial charge in [-0.1, -0.05) is 11.6 Å². The van der Waals surface area contributed by atoms with E-state index >= 15 is 0 Å². The fourth-order valence-corrected chi connectivity index (χ4v) is 1.82. The molecule has 0 aliphatic rings. The van der Waals surface area contributed by atoms with Crippen molar-refractivity contribution >= 4 is 17.5 Å². The molecule has 0 unspecified atom stereocenters. The number of hydrogen-bond acceptors (Lipinski definition) is 3. The van der Waals surface area contributed by atoms with Crippen molar-refractivity contribution in [1.82, 2.24) is 4.90 Å². The van der Waals surface area contributed by atoms with Crippen LogP contribution in [0.25, 0.3) is 0 Å². The van der Waals surface area contributed by atoms with Crippen LogP contribution in [-0.2, 0) is 4.79 Å². The van der Waals surface area contributed by atoms with Gasteiger partial charge < -0.3 is 14.7 Å². The van der Waals surface area contributed by atoms with E-state index in [1.807, 2.05) is 6.92 Å². The van der Waals surface area contributed by atoms with Gasteiger partial charge in [-0.3, -0.25) is 4.79 Å². The predicted octanol–water partition coefficient (Wildman–Crippen LogP) is 2.48. The number of likely N-dealkylation sites (N-methyl/N-ethyl adjacent to an activating group) is 1. The van der Waals surface area contributed by atoms with Crippen molar-refractivity contribution in [2.45, 2.75) is 26.4 Å². The lowest BCUT2D eigenvalue weighted by molar-refractivity contribution is -0.136. The highest BCUT2D eigenvalue weighted by molar-refractivity contribution is 6.30. The number of hydrogen-bond donors (Lipinski definition) is 1. The molecule has 0 aliphatic heterocycles. The van der Waals surface area contributed by atoms with E-state index in [1.54, 1.807) is 13.8 Å². The number of nitrogens with zero attached hydrogens (tertiary/aromatic N) is 1. The first-order valence-electron chi connectivity index (χ1n) is 6.31. The normalized spacial score (nSPS) is 11.3. The van der Waals surface area contributed by atoms with Crippen LogP contribution in [0.4, 0.5) is 4.39 Å². The third-order valence-electron chi connectivity index (χ3n) is 2.57. The smallest absolute Gasteiger partial charge is 0.260 e. The Bertz CT molecular complexity index is 474. The Morgan fingerprint density at radius 1 is 1.50 bits per heavy atom. The Labute approximate surface area is 123 Å². The molecule has 0 saturated carbocycles. The standard InChI is InChI=1S/C14H19ClFNO3/c1-4-17(9-14(2,3)19)13(18)8-20-10-5-6-12(16)11(15)7-10/h5-7,19H,4,8-9H2,1-3H3. The zero-order chi connectivity index (χ0) is 15.3. The summed E-state index contributed by atoms with van der Waals surface area (Å²) >= 11 is 5.62. The van der Waals surface area contributed by atoms with Crippen molar-refractivity contribution in [3.8, 4) is 5.75 Å². The fourth-order valence-electron chi connectivity index (χ4n) is 1.65. The molecule has 4 nitrogen and oxygen atoms in total. The van der Waals surface area contributed by atoms with Gasteiger partial charge in [0.25, 0.3) is 5.91 Å². The maximum Gasteiger partial charge on any atom is 0.260 e. The number of aliphatic hydroxyl groups is 1. The first kappa shape index (κ1) is 16.7. The minimum absolute atomic E-state index is 0.0567. The maximum atomic E-state index is 13.0. The minimum Gasteiger partial charge on any atom is -0.484 e. The molecule has 6 heteroatoms. The second kappa shape index (κ2) is 6.90. The molecule has 0 aromatic heterocycles. The largest absolute Gasteiger partial charge is 0.484 e. The summed E-state index contributed by atoms with van der Waals surface area (Å²) in [5.74, 6) is -0.471. The Morgan fingerprint density at radius 2 is 2.15 bits per heavy atom. The molecular formula is C14H19ClFNO3. The van der Waals surface area contributed by atoms with E-state index in [2.05, 4.69) is 0 Å². The summed E-state index contributed by atoms with van der Waals surface area (Å²) in [6, 6.07) is 3.90. The third kappa shape index (κ3) is 5.35. The lowest BCUT2D eigenvalue weighted by Gasteiger charge is -2.28. The lowest BCUT2D eigenvalue weighted by Crippen LogP contribution is -2.44. The number of rotatable bonds is 6. The summed E-state index contributed by atoms with van der Waals surface area (Å²) in [6.45, 7) is 5.57. The van der Waals surface area contributed by atoms with Gasteiger partial charge in [0.1, 0.15) is 11.6 Å². The van der Waals surface area contributed by atoms with Crippen LogP contribution in [-0.4, -0.2) is 41.2 Å². The number of carbonyl (C=O) groups excluding carboxylic acids is 1. The molecule has 0 radical (unpaired) electrons. The van der Waals surface area contributed by atoms with E-state index in [0.717, 1.165) is 0 Å². The van der Waals surface area contributed by atoms with Crippen LogP contribution in [0.5, 0.6) is 5.75 Å². The van der Waals surface area contributed by atoms with Crippen molar-refractivity contribution in [2.24, 2.45) is 0 Å². The van der Waals surface area contributed by atoms with Gasteiger partial charge in [0.15, 0.2) is 6.61 Å². The van der Waals surface area contributed by atoms with Gasteiger partial charge in [0.2, 0.25) is 0 Å². The van der Waals surface area contributed by atoms with E-state index in [1.165, 1.54) is 23.1 Å². The van der Waals surface area contributed by atoms with Crippen molar-refractivity contribution in [1.29, 1.82) is 0 Å². The number of halogens is 2. The summed E-state index contributed by atoms with van der Waals surface area (Å²) in [7, 11) is 0. The molecule has 0 atom stereocenters. The van der Waals surface area contributed by atoms with Crippen LogP contribution in [0.1, 0.15) is 20.8 Å². The molecule has 0 bridgehead atoms. The number of benzene rings is 1. The molecule has 20 heavy (non-hydrogen) atoms. The Balaban J connectivity index is 2.59. The number of ether oxygens (including phenoxy) is 1. The summed E-state index contributed by atoms with van der Waals surface area (Å²) < 4.78 is 18.3. The molecule has 112 valence electrons. The molecular weight excluding hydrogens is 285 g/mol. The van der Waals surface area contributed by atoms with Crippen LogP contribution in [0.2, 0.25) is 5.02 Å². The second-order valence-corrected chi connectivity index (χ2v) is 5.49. The summed E-state index contributed by atoms with van der Waals surface area (Å²) in [5.41, 5.74) is -0.967. The van der Waals surface area contributed by atoms with Crippen molar-refractivity contribution in [3.63, 3.8) is 0 Å². The van der Waals surface area contributed by atoms with Crippen LogP contribution >= 0.6 is 11.6 Å². The van der Waals surface area contributed by atoms with Gasteiger partial charge in [-0.05, 0) is 32.9 Å². The van der Waals surface area contributed by atoms with Gasteiger partial charge in [0.05, 0.1) is 10.6 Å². The van der Waals surface area contributed by atoms with Crippen LogP contribution in [0.3, 0.4) is 0 Å². The van der Waals surface area contributed by atoms with Crippen LogP contribution < -0.4 is 4.74 Å². The van der Waals surface area contributed by atoms with E-state index in [4.69, 9.17) is 16.3 Å². The van der Waals surface area contributed by atoms with Gasteiger partial charge in [-0.15, -0.1) is 0 Å². The first-order valence-corrected chi connectivity index (χ1v) is 6.68. The van der Waals surface area contributed by atoms with Crippen LogP contribution in [0.15, 0.2) is 18.2 Å². The van der Waals surface area contributed by atoms with Gasteiger partial charge in [-0.25, -0.2) is 4.39 Å². The summed E-state index contributed by atoms with van der Waals surface area (Å²) in [6.07, 6.45) is 0. The Hall–Kier alpha value is -1.33. The zero-order valence-electron chi connectivity index (χ0n) is 11.8. The summed E-state index contributed by atoms with van der Waals surface area (Å²) in [5, 5.41) is 9.67. The second-order valence-electron chi connectivity index (χ2n) is 5.08. The topological polar surface area (TPSA) is 49.8 Å². The van der Waals surface area contributed by atoms with Crippen molar-refractivity contribution < 1.29 is 19.0 Å². The van der Waals surface area contributed by atoms with Gasteiger partial charge in [0, 0.05) is 19.2 Å². The fraction of sp³-hybridized carbons (Fsp3) is 0.500.